The van der Waals surface area contributed by atoms with E-state index < -0.39 is 0 Å². The first kappa shape index (κ1) is 10.7. The molecule has 70 valence electrons. The minimum absolute atomic E-state index is 0. The second-order valence-corrected chi connectivity index (χ2v) is 4.17. The van der Waals surface area contributed by atoms with Gasteiger partial charge < -0.3 is 4.90 Å². The number of fused-ring (bicyclic) bond motifs is 2. The van der Waals surface area contributed by atoms with E-state index in [0.29, 0.717) is 11.1 Å². The molecule has 0 radical (unpaired) electrons. The fraction of sp³-hybridized carbons (Fsp3) is 0.875. The Balaban J connectivity index is 0.000000720. The third-order valence-corrected chi connectivity index (χ3v) is 3.56. The molecule has 0 amide bonds. The van der Waals surface area contributed by atoms with E-state index in [1.807, 2.05) is 0 Å². The lowest BCUT2D eigenvalue weighted by Crippen LogP contribution is -2.30. The van der Waals surface area contributed by atoms with Crippen LogP contribution in [0.15, 0.2) is 0 Å². The summed E-state index contributed by atoms with van der Waals surface area (Å²) in [4.78, 5) is 13.9. The van der Waals surface area contributed by atoms with Gasteiger partial charge in [-0.3, -0.25) is 4.79 Å². The molecule has 2 aliphatic heterocycles. The number of hydrogen-bond donors (Lipinski definition) is 0. The highest BCUT2D eigenvalue weighted by molar-refractivity contribution is 9.09. The van der Waals surface area contributed by atoms with E-state index in [1.165, 1.54) is 0 Å². The van der Waals surface area contributed by atoms with E-state index in [1.54, 1.807) is 0 Å². The van der Waals surface area contributed by atoms with Crippen LogP contribution >= 0.6 is 32.9 Å². The lowest BCUT2D eigenvalue weighted by Gasteiger charge is -2.21. The van der Waals surface area contributed by atoms with Gasteiger partial charge in [0.2, 0.25) is 0 Å². The van der Waals surface area contributed by atoms with Crippen LogP contribution in [0.25, 0.3) is 0 Å². The van der Waals surface area contributed by atoms with Gasteiger partial charge in [0.05, 0.1) is 5.33 Å². The fourth-order valence-electron chi connectivity index (χ4n) is 2.23. The molecule has 4 heteroatoms. The number of alkyl halides is 1. The number of carbonyl (C=O) groups excluding carboxylic acids is 1. The highest BCUT2D eigenvalue weighted by atomic mass is 79.9. The smallest absolute Gasteiger partial charge is 0.150 e. The number of Topliss-reactive ketones (excluding diaryl/α,β-unsaturated/α-hetero) is 1. The first-order valence-corrected chi connectivity index (χ1v) is 5.21. The molecule has 2 bridgehead atoms. The third kappa shape index (κ3) is 1.49. The summed E-state index contributed by atoms with van der Waals surface area (Å²) in [5, 5.41) is 0.542. The Kier molecular flexibility index (Phi) is 3.34. The number of piperidine rings is 1. The molecule has 2 heterocycles. The van der Waals surface area contributed by atoms with Crippen LogP contribution < -0.4 is 0 Å². The molecule has 2 saturated heterocycles. The SMILES string of the molecule is Br.O=C(CBr)C12CCN(CC1)C2. The first-order chi connectivity index (χ1) is 5.27. The van der Waals surface area contributed by atoms with E-state index in [-0.39, 0.29) is 22.4 Å². The van der Waals surface area contributed by atoms with E-state index in [4.69, 9.17) is 0 Å². The van der Waals surface area contributed by atoms with Crippen molar-refractivity contribution in [3.63, 3.8) is 0 Å². The van der Waals surface area contributed by atoms with Gasteiger partial charge in [0.15, 0.2) is 5.78 Å². The highest BCUT2D eigenvalue weighted by Crippen LogP contribution is 2.41. The van der Waals surface area contributed by atoms with Crippen molar-refractivity contribution in [1.29, 1.82) is 0 Å². The maximum absolute atomic E-state index is 11.5. The molecule has 0 atom stereocenters. The van der Waals surface area contributed by atoms with Crippen molar-refractivity contribution in [2.75, 3.05) is 25.0 Å². The van der Waals surface area contributed by atoms with Gasteiger partial charge in [-0.05, 0) is 25.9 Å². The molecule has 0 N–H and O–H groups in total. The molecule has 0 aromatic rings. The summed E-state index contributed by atoms with van der Waals surface area (Å²) in [6, 6.07) is 0. The lowest BCUT2D eigenvalue weighted by atomic mass is 9.81. The van der Waals surface area contributed by atoms with Crippen molar-refractivity contribution in [2.45, 2.75) is 12.8 Å². The molecular formula is C8H13Br2NO. The molecular weight excluding hydrogens is 286 g/mol. The van der Waals surface area contributed by atoms with Crippen molar-refractivity contribution in [3.05, 3.63) is 0 Å². The summed E-state index contributed by atoms with van der Waals surface area (Å²) in [5.74, 6) is 0.414. The van der Waals surface area contributed by atoms with Gasteiger partial charge in [-0.25, -0.2) is 0 Å². The topological polar surface area (TPSA) is 20.3 Å². The summed E-state index contributed by atoms with van der Waals surface area (Å²) in [6.45, 7) is 3.30. The van der Waals surface area contributed by atoms with Gasteiger partial charge in [-0.15, -0.1) is 17.0 Å². The number of hydrogen-bond acceptors (Lipinski definition) is 2. The molecule has 2 aliphatic rings. The molecule has 0 saturated carbocycles. The van der Waals surface area contributed by atoms with Crippen LogP contribution in [0, 0.1) is 5.41 Å². The van der Waals surface area contributed by atoms with E-state index in [9.17, 15) is 4.79 Å². The van der Waals surface area contributed by atoms with E-state index >= 15 is 0 Å². The quantitative estimate of drug-likeness (QED) is 0.722. The zero-order chi connectivity index (χ0) is 7.90. The van der Waals surface area contributed by atoms with Crippen LogP contribution in [0.2, 0.25) is 0 Å². The highest BCUT2D eigenvalue weighted by Gasteiger charge is 2.47. The predicted octanol–water partition coefficient (Wildman–Crippen LogP) is 1.62. The van der Waals surface area contributed by atoms with Crippen LogP contribution in [0.5, 0.6) is 0 Å². The van der Waals surface area contributed by atoms with Crippen LogP contribution in [-0.2, 0) is 4.79 Å². The molecule has 12 heavy (non-hydrogen) atoms. The molecule has 2 nitrogen and oxygen atoms in total. The summed E-state index contributed by atoms with van der Waals surface area (Å²) in [5.41, 5.74) is 0.0590. The Labute approximate surface area is 91.6 Å². The molecule has 2 fully saturated rings. The normalized spacial score (nSPS) is 37.9. The number of ketones is 1. The van der Waals surface area contributed by atoms with Gasteiger partial charge in [0, 0.05) is 12.0 Å². The van der Waals surface area contributed by atoms with E-state index in [0.717, 1.165) is 32.5 Å². The molecule has 0 unspecified atom stereocenters. The number of nitrogens with zero attached hydrogens (tertiary/aromatic N) is 1. The zero-order valence-electron chi connectivity index (χ0n) is 6.88. The Morgan fingerprint density at radius 2 is 2.00 bits per heavy atom. The summed E-state index contributed by atoms with van der Waals surface area (Å²) in [6.07, 6.45) is 2.19. The second-order valence-electron chi connectivity index (χ2n) is 3.61. The van der Waals surface area contributed by atoms with Crippen LogP contribution in [0.4, 0.5) is 0 Å². The summed E-state index contributed by atoms with van der Waals surface area (Å²) in [7, 11) is 0. The number of halogens is 2. The molecule has 0 aromatic heterocycles. The summed E-state index contributed by atoms with van der Waals surface area (Å²) < 4.78 is 0. The van der Waals surface area contributed by atoms with Crippen molar-refractivity contribution in [1.82, 2.24) is 4.90 Å². The molecule has 2 rings (SSSR count). The van der Waals surface area contributed by atoms with Gasteiger partial charge in [-0.2, -0.15) is 0 Å². The Hall–Kier alpha value is 0.590. The van der Waals surface area contributed by atoms with Crippen molar-refractivity contribution in [3.8, 4) is 0 Å². The average Bonchev–Trinajstić information content (AvgIpc) is 2.62. The first-order valence-electron chi connectivity index (χ1n) is 4.08. The summed E-state index contributed by atoms with van der Waals surface area (Å²) >= 11 is 3.25. The second kappa shape index (κ2) is 3.76. The number of rotatable bonds is 2. The van der Waals surface area contributed by atoms with Crippen molar-refractivity contribution in [2.24, 2.45) is 5.41 Å². The minimum atomic E-state index is 0. The van der Waals surface area contributed by atoms with Crippen LogP contribution in [0.1, 0.15) is 12.8 Å². The third-order valence-electron chi connectivity index (χ3n) is 3.05. The minimum Gasteiger partial charge on any atom is -0.302 e. The molecule has 0 spiro atoms. The molecule has 0 aliphatic carbocycles. The maximum atomic E-state index is 11.5. The predicted molar refractivity (Wildman–Crippen MR) is 57.2 cm³/mol. The van der Waals surface area contributed by atoms with Gasteiger partial charge in [-0.1, -0.05) is 15.9 Å². The van der Waals surface area contributed by atoms with Crippen LogP contribution in [-0.4, -0.2) is 35.6 Å². The van der Waals surface area contributed by atoms with Gasteiger partial charge >= 0.3 is 0 Å². The zero-order valence-corrected chi connectivity index (χ0v) is 10.2. The molecule has 0 aromatic carbocycles. The van der Waals surface area contributed by atoms with Gasteiger partial charge in [0.25, 0.3) is 0 Å². The Bertz CT molecular complexity index is 187. The van der Waals surface area contributed by atoms with Crippen LogP contribution in [0.3, 0.4) is 0 Å². The van der Waals surface area contributed by atoms with Gasteiger partial charge in [0.1, 0.15) is 0 Å². The van der Waals surface area contributed by atoms with Crippen molar-refractivity contribution >= 4 is 38.7 Å². The Morgan fingerprint density at radius 3 is 2.33 bits per heavy atom. The Morgan fingerprint density at radius 1 is 1.42 bits per heavy atom. The monoisotopic (exact) mass is 297 g/mol. The lowest BCUT2D eigenvalue weighted by molar-refractivity contribution is -0.124. The standard InChI is InChI=1S/C8H12BrNO.BrH/c9-5-7(11)8-1-3-10(6-8)4-2-8;/h1-6H2;1H. The number of carbonyl (C=O) groups is 1. The maximum Gasteiger partial charge on any atom is 0.150 e. The largest absolute Gasteiger partial charge is 0.302 e. The fourth-order valence-corrected chi connectivity index (χ4v) is 2.83. The van der Waals surface area contributed by atoms with E-state index in [2.05, 4.69) is 20.8 Å². The van der Waals surface area contributed by atoms with Crippen molar-refractivity contribution < 1.29 is 4.79 Å². The average molecular weight is 299 g/mol.